The number of carbonyl (C=O) groups is 1. The van der Waals surface area contributed by atoms with Crippen molar-refractivity contribution in [2.45, 2.75) is 31.2 Å². The van der Waals surface area contributed by atoms with Gasteiger partial charge in [-0.25, -0.2) is 4.98 Å². The summed E-state index contributed by atoms with van der Waals surface area (Å²) in [5.74, 6) is 0.140. The number of thiazole rings is 1. The largest absolute Gasteiger partial charge is 0.416 e. The molecule has 1 aliphatic heterocycles. The molecule has 132 valence electrons. The van der Waals surface area contributed by atoms with Gasteiger partial charge >= 0.3 is 6.18 Å². The Bertz CT molecular complexity index is 788. The number of nitrogens with zero attached hydrogens (tertiary/aromatic N) is 1. The van der Waals surface area contributed by atoms with Crippen molar-refractivity contribution in [2.24, 2.45) is 5.92 Å². The van der Waals surface area contributed by atoms with Crippen LogP contribution in [0.15, 0.2) is 29.6 Å². The van der Waals surface area contributed by atoms with Gasteiger partial charge in [-0.3, -0.25) is 4.79 Å². The van der Waals surface area contributed by atoms with Crippen molar-refractivity contribution in [3.63, 3.8) is 0 Å². The molecule has 3 atom stereocenters. The number of amides is 1. The van der Waals surface area contributed by atoms with Crippen molar-refractivity contribution < 1.29 is 22.7 Å². The number of benzene rings is 1. The van der Waals surface area contributed by atoms with E-state index in [1.165, 1.54) is 23.5 Å². The molecule has 25 heavy (non-hydrogen) atoms. The lowest BCUT2D eigenvalue weighted by Gasteiger charge is -2.39. The molecule has 2 heterocycles. The molecule has 1 amide bonds. The van der Waals surface area contributed by atoms with E-state index in [1.54, 1.807) is 5.38 Å². The van der Waals surface area contributed by atoms with Crippen molar-refractivity contribution in [1.82, 2.24) is 10.3 Å². The molecule has 4 nitrogen and oxygen atoms in total. The van der Waals surface area contributed by atoms with Gasteiger partial charge in [0.2, 0.25) is 0 Å². The normalized spacial score (nSPS) is 25.3. The Morgan fingerprint density at radius 2 is 2.04 bits per heavy atom. The predicted molar refractivity (Wildman–Crippen MR) is 86.3 cm³/mol. The van der Waals surface area contributed by atoms with E-state index in [0.717, 1.165) is 31.6 Å². The molecule has 2 aliphatic rings. The van der Waals surface area contributed by atoms with E-state index in [-0.39, 0.29) is 18.1 Å². The van der Waals surface area contributed by atoms with Gasteiger partial charge in [-0.1, -0.05) is 12.1 Å². The lowest BCUT2D eigenvalue weighted by Crippen LogP contribution is -2.53. The highest BCUT2D eigenvalue weighted by Gasteiger charge is 2.45. The van der Waals surface area contributed by atoms with E-state index >= 15 is 0 Å². The summed E-state index contributed by atoms with van der Waals surface area (Å²) in [5, 5.41) is 5.13. The molecule has 1 aromatic carbocycles. The standard InChI is InChI=1S/C17H15F3N2O2S/c18-17(19,20)10-3-1-9(2-4-10)16-22-13(8-25-16)15(23)21-12-7-14-11(12)5-6-24-14/h1-4,8,11-12,14H,5-7H2,(H,21,23)/t11-,12+,14+/m1/s1. The summed E-state index contributed by atoms with van der Waals surface area (Å²) in [6.07, 6.45) is -2.31. The fraction of sp³-hybridized carbons (Fsp3) is 0.412. The average molecular weight is 368 g/mol. The van der Waals surface area contributed by atoms with Crippen molar-refractivity contribution in [3.05, 3.63) is 40.9 Å². The summed E-state index contributed by atoms with van der Waals surface area (Å²) in [6.45, 7) is 0.747. The molecule has 2 fully saturated rings. The van der Waals surface area contributed by atoms with Crippen molar-refractivity contribution in [2.75, 3.05) is 6.61 Å². The molecule has 0 spiro atoms. The minimum absolute atomic E-state index is 0.121. The van der Waals surface area contributed by atoms with Gasteiger partial charge in [0.15, 0.2) is 0 Å². The van der Waals surface area contributed by atoms with Crippen LogP contribution in [0.5, 0.6) is 0 Å². The third-order valence-corrected chi connectivity index (χ3v) is 5.67. The van der Waals surface area contributed by atoms with Crippen LogP contribution in [-0.4, -0.2) is 29.6 Å². The minimum atomic E-state index is -4.36. The zero-order valence-corrected chi connectivity index (χ0v) is 13.9. The number of alkyl halides is 3. The number of rotatable bonds is 3. The summed E-state index contributed by atoms with van der Waals surface area (Å²) >= 11 is 1.24. The molecule has 2 aromatic rings. The van der Waals surface area contributed by atoms with Gasteiger partial charge in [0.05, 0.1) is 11.7 Å². The number of fused-ring (bicyclic) bond motifs is 1. The molecule has 0 unspecified atom stereocenters. The van der Waals surface area contributed by atoms with Crippen LogP contribution >= 0.6 is 11.3 Å². The Morgan fingerprint density at radius 1 is 1.28 bits per heavy atom. The van der Waals surface area contributed by atoms with Gasteiger partial charge in [0.25, 0.3) is 5.91 Å². The number of hydrogen-bond donors (Lipinski definition) is 1. The smallest absolute Gasteiger partial charge is 0.378 e. The Labute approximate surface area is 146 Å². The minimum Gasteiger partial charge on any atom is -0.378 e. The van der Waals surface area contributed by atoms with Crippen LogP contribution in [0.2, 0.25) is 0 Å². The SMILES string of the molecule is O=C(N[C@H]1C[C@@H]2OCC[C@H]12)c1csc(-c2ccc(C(F)(F)F)cc2)n1. The summed E-state index contributed by atoms with van der Waals surface area (Å²) in [4.78, 5) is 16.6. The predicted octanol–water partition coefficient (Wildman–Crippen LogP) is 3.74. The van der Waals surface area contributed by atoms with Gasteiger partial charge < -0.3 is 10.1 Å². The molecule has 1 aromatic heterocycles. The summed E-state index contributed by atoms with van der Waals surface area (Å²) in [6, 6.07) is 4.90. The molecule has 0 radical (unpaired) electrons. The van der Waals surface area contributed by atoms with Gasteiger partial charge in [-0.2, -0.15) is 13.2 Å². The second-order valence-electron chi connectivity index (χ2n) is 6.29. The summed E-state index contributed by atoms with van der Waals surface area (Å²) in [5.41, 5.74) is 0.149. The number of carbonyl (C=O) groups excluding carboxylic acids is 1. The second kappa shape index (κ2) is 6.10. The molecule has 0 bridgehead atoms. The molecule has 4 rings (SSSR count). The van der Waals surface area contributed by atoms with E-state index in [4.69, 9.17) is 4.74 Å². The van der Waals surface area contributed by atoms with E-state index in [9.17, 15) is 18.0 Å². The van der Waals surface area contributed by atoms with E-state index < -0.39 is 11.7 Å². The van der Waals surface area contributed by atoms with E-state index in [0.29, 0.717) is 22.2 Å². The van der Waals surface area contributed by atoms with Crippen LogP contribution in [-0.2, 0) is 10.9 Å². The third kappa shape index (κ3) is 3.16. The molecule has 1 saturated heterocycles. The van der Waals surface area contributed by atoms with Crippen molar-refractivity contribution >= 4 is 17.2 Å². The van der Waals surface area contributed by atoms with Crippen LogP contribution in [0.1, 0.15) is 28.9 Å². The highest BCUT2D eigenvalue weighted by molar-refractivity contribution is 7.13. The molecule has 1 aliphatic carbocycles. The first-order chi connectivity index (χ1) is 11.9. The topological polar surface area (TPSA) is 51.2 Å². The van der Waals surface area contributed by atoms with Crippen LogP contribution in [0.25, 0.3) is 10.6 Å². The maximum Gasteiger partial charge on any atom is 0.416 e. The van der Waals surface area contributed by atoms with Crippen LogP contribution in [0, 0.1) is 5.92 Å². The first kappa shape index (κ1) is 16.5. The van der Waals surface area contributed by atoms with Crippen LogP contribution in [0.3, 0.4) is 0 Å². The van der Waals surface area contributed by atoms with Crippen molar-refractivity contribution in [3.8, 4) is 10.6 Å². The van der Waals surface area contributed by atoms with Crippen LogP contribution < -0.4 is 5.32 Å². The number of halogens is 3. The van der Waals surface area contributed by atoms with Crippen molar-refractivity contribution in [1.29, 1.82) is 0 Å². The zero-order valence-electron chi connectivity index (χ0n) is 13.0. The monoisotopic (exact) mass is 368 g/mol. The summed E-state index contributed by atoms with van der Waals surface area (Å²) in [7, 11) is 0. The molecule has 1 saturated carbocycles. The maximum atomic E-state index is 12.6. The molecule has 8 heteroatoms. The maximum absolute atomic E-state index is 12.6. The fourth-order valence-electron chi connectivity index (χ4n) is 3.32. The summed E-state index contributed by atoms with van der Waals surface area (Å²) < 4.78 is 43.4. The highest BCUT2D eigenvalue weighted by Crippen LogP contribution is 2.38. The number of nitrogens with one attached hydrogen (secondary N) is 1. The average Bonchev–Trinajstić information content (AvgIpc) is 3.19. The Kier molecular flexibility index (Phi) is 4.04. The Morgan fingerprint density at radius 3 is 2.72 bits per heavy atom. The number of ether oxygens (including phenoxy) is 1. The zero-order chi connectivity index (χ0) is 17.6. The molecular weight excluding hydrogens is 353 g/mol. The van der Waals surface area contributed by atoms with Gasteiger partial charge in [0, 0.05) is 29.5 Å². The van der Waals surface area contributed by atoms with Crippen LogP contribution in [0.4, 0.5) is 13.2 Å². The van der Waals surface area contributed by atoms with Gasteiger partial charge in [0.1, 0.15) is 10.7 Å². The quantitative estimate of drug-likeness (QED) is 0.898. The first-order valence-electron chi connectivity index (χ1n) is 7.97. The fourth-order valence-corrected chi connectivity index (χ4v) is 4.12. The Hall–Kier alpha value is -1.93. The second-order valence-corrected chi connectivity index (χ2v) is 7.15. The highest BCUT2D eigenvalue weighted by atomic mass is 32.1. The van der Waals surface area contributed by atoms with E-state index in [1.807, 2.05) is 0 Å². The third-order valence-electron chi connectivity index (χ3n) is 4.78. The molecular formula is C17H15F3N2O2S. The lowest BCUT2D eigenvalue weighted by molar-refractivity contribution is -0.137. The van der Waals surface area contributed by atoms with Gasteiger partial charge in [-0.15, -0.1) is 11.3 Å². The number of hydrogen-bond acceptors (Lipinski definition) is 4. The first-order valence-corrected chi connectivity index (χ1v) is 8.85. The molecule has 1 N–H and O–H groups in total. The Balaban J connectivity index is 1.44. The lowest BCUT2D eigenvalue weighted by atomic mass is 9.76. The van der Waals surface area contributed by atoms with Gasteiger partial charge in [-0.05, 0) is 25.0 Å². The van der Waals surface area contributed by atoms with E-state index in [2.05, 4.69) is 10.3 Å². The number of aromatic nitrogens is 1.